The molecule has 0 aromatic heterocycles. The van der Waals surface area contributed by atoms with Crippen molar-refractivity contribution in [2.45, 2.75) is 19.8 Å². The van der Waals surface area contributed by atoms with Crippen molar-refractivity contribution in [1.29, 1.82) is 0 Å². The molecule has 2 amide bonds. The standard InChI is InChI=1S/C16H22N2O3/c1-3-11-6-4-5-7-14(11)18-16(20)13-10-12(13)15(19)17-8-9-21-2/h4-7,12-13H,3,8-10H2,1-2H3,(H,17,19)(H,18,20). The molecular weight excluding hydrogens is 268 g/mol. The molecule has 1 saturated carbocycles. The summed E-state index contributed by atoms with van der Waals surface area (Å²) in [4.78, 5) is 24.0. The number of methoxy groups -OCH3 is 1. The fourth-order valence-corrected chi connectivity index (χ4v) is 2.36. The molecule has 21 heavy (non-hydrogen) atoms. The summed E-state index contributed by atoms with van der Waals surface area (Å²) in [5, 5.41) is 5.70. The molecule has 0 bridgehead atoms. The highest BCUT2D eigenvalue weighted by Crippen LogP contribution is 2.39. The number of hydrogen-bond donors (Lipinski definition) is 2. The van der Waals surface area contributed by atoms with Gasteiger partial charge in [0.05, 0.1) is 18.4 Å². The largest absolute Gasteiger partial charge is 0.383 e. The molecule has 2 N–H and O–H groups in total. The molecule has 0 spiro atoms. The van der Waals surface area contributed by atoms with Gasteiger partial charge in [0.1, 0.15) is 0 Å². The lowest BCUT2D eigenvalue weighted by Gasteiger charge is -2.09. The van der Waals surface area contributed by atoms with Crippen molar-refractivity contribution >= 4 is 17.5 Å². The van der Waals surface area contributed by atoms with E-state index in [-0.39, 0.29) is 23.7 Å². The van der Waals surface area contributed by atoms with Gasteiger partial charge in [0.15, 0.2) is 0 Å². The molecule has 0 saturated heterocycles. The highest BCUT2D eigenvalue weighted by Gasteiger charge is 2.47. The summed E-state index contributed by atoms with van der Waals surface area (Å²) in [6, 6.07) is 7.75. The Labute approximate surface area is 125 Å². The maximum atomic E-state index is 12.2. The summed E-state index contributed by atoms with van der Waals surface area (Å²) in [5.74, 6) is -0.535. The number of benzene rings is 1. The second-order valence-electron chi connectivity index (χ2n) is 5.23. The van der Waals surface area contributed by atoms with Crippen molar-refractivity contribution < 1.29 is 14.3 Å². The number of aryl methyl sites for hydroxylation is 1. The van der Waals surface area contributed by atoms with E-state index >= 15 is 0 Å². The number of hydrogen-bond acceptors (Lipinski definition) is 3. The molecular formula is C16H22N2O3. The number of para-hydroxylation sites is 1. The Balaban J connectivity index is 1.84. The maximum Gasteiger partial charge on any atom is 0.228 e. The zero-order valence-electron chi connectivity index (χ0n) is 12.5. The summed E-state index contributed by atoms with van der Waals surface area (Å²) in [6.45, 7) is 3.02. The van der Waals surface area contributed by atoms with Gasteiger partial charge in [-0.15, -0.1) is 0 Å². The van der Waals surface area contributed by atoms with E-state index < -0.39 is 0 Å². The first-order chi connectivity index (χ1) is 10.2. The number of amides is 2. The molecule has 5 nitrogen and oxygen atoms in total. The normalized spacial score (nSPS) is 19.9. The van der Waals surface area contributed by atoms with Gasteiger partial charge in [-0.1, -0.05) is 25.1 Å². The molecule has 5 heteroatoms. The number of carbonyl (C=O) groups is 2. The van der Waals surface area contributed by atoms with E-state index in [1.807, 2.05) is 31.2 Å². The van der Waals surface area contributed by atoms with Gasteiger partial charge in [-0.2, -0.15) is 0 Å². The SMILES string of the molecule is CCc1ccccc1NC(=O)C1CC1C(=O)NCCOC. The molecule has 2 rings (SSSR count). The molecule has 2 atom stereocenters. The monoisotopic (exact) mass is 290 g/mol. The zero-order chi connectivity index (χ0) is 15.2. The van der Waals surface area contributed by atoms with E-state index in [1.54, 1.807) is 7.11 Å². The average molecular weight is 290 g/mol. The minimum Gasteiger partial charge on any atom is -0.383 e. The minimum absolute atomic E-state index is 0.0593. The Hall–Kier alpha value is -1.88. The van der Waals surface area contributed by atoms with Crippen LogP contribution < -0.4 is 10.6 Å². The van der Waals surface area contributed by atoms with E-state index in [9.17, 15) is 9.59 Å². The third kappa shape index (κ3) is 4.04. The fourth-order valence-electron chi connectivity index (χ4n) is 2.36. The Kier molecular flexibility index (Phi) is 5.33. The summed E-state index contributed by atoms with van der Waals surface area (Å²) in [7, 11) is 1.59. The van der Waals surface area contributed by atoms with E-state index in [0.717, 1.165) is 17.7 Å². The van der Waals surface area contributed by atoms with Gasteiger partial charge < -0.3 is 15.4 Å². The molecule has 1 aromatic carbocycles. The van der Waals surface area contributed by atoms with E-state index in [1.165, 1.54) is 0 Å². The molecule has 1 aliphatic rings. The molecule has 114 valence electrons. The molecule has 0 heterocycles. The lowest BCUT2D eigenvalue weighted by Crippen LogP contribution is -2.30. The molecule has 1 fully saturated rings. The number of rotatable bonds is 7. The van der Waals surface area contributed by atoms with Crippen molar-refractivity contribution in [3.8, 4) is 0 Å². The summed E-state index contributed by atoms with van der Waals surface area (Å²) in [6.07, 6.45) is 1.49. The van der Waals surface area contributed by atoms with Crippen molar-refractivity contribution in [3.05, 3.63) is 29.8 Å². The van der Waals surface area contributed by atoms with E-state index in [4.69, 9.17) is 4.74 Å². The predicted molar refractivity (Wildman–Crippen MR) is 80.9 cm³/mol. The first-order valence-corrected chi connectivity index (χ1v) is 7.32. The van der Waals surface area contributed by atoms with Crippen LogP contribution in [0.25, 0.3) is 0 Å². The predicted octanol–water partition coefficient (Wildman–Crippen LogP) is 1.59. The number of anilines is 1. The van der Waals surface area contributed by atoms with Gasteiger partial charge in [0.2, 0.25) is 11.8 Å². The zero-order valence-corrected chi connectivity index (χ0v) is 12.5. The Morgan fingerprint density at radius 3 is 2.67 bits per heavy atom. The van der Waals surface area contributed by atoms with Crippen LogP contribution in [0.2, 0.25) is 0 Å². The second kappa shape index (κ2) is 7.22. The van der Waals surface area contributed by atoms with Gasteiger partial charge in [0.25, 0.3) is 0 Å². The van der Waals surface area contributed by atoms with Crippen LogP contribution in [0.3, 0.4) is 0 Å². The highest BCUT2D eigenvalue weighted by atomic mass is 16.5. The van der Waals surface area contributed by atoms with Crippen molar-refractivity contribution in [3.63, 3.8) is 0 Å². The van der Waals surface area contributed by atoms with Gasteiger partial charge in [-0.3, -0.25) is 9.59 Å². The second-order valence-corrected chi connectivity index (χ2v) is 5.23. The lowest BCUT2D eigenvalue weighted by molar-refractivity contribution is -0.125. The van der Waals surface area contributed by atoms with Crippen LogP contribution in [-0.4, -0.2) is 32.1 Å². The van der Waals surface area contributed by atoms with Crippen LogP contribution in [0, 0.1) is 11.8 Å². The van der Waals surface area contributed by atoms with Gasteiger partial charge in [-0.25, -0.2) is 0 Å². The van der Waals surface area contributed by atoms with Crippen LogP contribution in [0.15, 0.2) is 24.3 Å². The minimum atomic E-state index is -0.211. The maximum absolute atomic E-state index is 12.2. The van der Waals surface area contributed by atoms with E-state index in [0.29, 0.717) is 19.6 Å². The van der Waals surface area contributed by atoms with Crippen LogP contribution in [0.1, 0.15) is 18.9 Å². The van der Waals surface area contributed by atoms with E-state index in [2.05, 4.69) is 10.6 Å². The van der Waals surface area contributed by atoms with Crippen molar-refractivity contribution in [2.24, 2.45) is 11.8 Å². The van der Waals surface area contributed by atoms with Crippen LogP contribution in [0.4, 0.5) is 5.69 Å². The summed E-state index contributed by atoms with van der Waals surface area (Å²) in [5.41, 5.74) is 1.95. The van der Waals surface area contributed by atoms with Gasteiger partial charge in [0, 0.05) is 19.3 Å². The van der Waals surface area contributed by atoms with Gasteiger partial charge >= 0.3 is 0 Å². The summed E-state index contributed by atoms with van der Waals surface area (Å²) >= 11 is 0. The fraction of sp³-hybridized carbons (Fsp3) is 0.500. The van der Waals surface area contributed by atoms with Crippen LogP contribution in [-0.2, 0) is 20.7 Å². The quantitative estimate of drug-likeness (QED) is 0.749. The summed E-state index contributed by atoms with van der Waals surface area (Å²) < 4.78 is 4.88. The number of ether oxygens (including phenoxy) is 1. The Bertz CT molecular complexity index is 516. The van der Waals surface area contributed by atoms with Crippen LogP contribution >= 0.6 is 0 Å². The molecule has 2 unspecified atom stereocenters. The third-order valence-corrected chi connectivity index (χ3v) is 3.73. The van der Waals surface area contributed by atoms with Crippen LogP contribution in [0.5, 0.6) is 0 Å². The molecule has 1 aliphatic carbocycles. The topological polar surface area (TPSA) is 67.4 Å². The van der Waals surface area contributed by atoms with Crippen molar-refractivity contribution in [2.75, 3.05) is 25.6 Å². The molecule has 0 radical (unpaired) electrons. The average Bonchev–Trinajstić information content (AvgIpc) is 3.28. The van der Waals surface area contributed by atoms with Crippen molar-refractivity contribution in [1.82, 2.24) is 5.32 Å². The number of nitrogens with one attached hydrogen (secondary N) is 2. The smallest absolute Gasteiger partial charge is 0.228 e. The lowest BCUT2D eigenvalue weighted by atomic mass is 10.1. The first-order valence-electron chi connectivity index (χ1n) is 7.32. The molecule has 1 aromatic rings. The Morgan fingerprint density at radius 2 is 1.95 bits per heavy atom. The molecule has 0 aliphatic heterocycles. The highest BCUT2D eigenvalue weighted by molar-refractivity contribution is 5.99. The number of carbonyl (C=O) groups excluding carboxylic acids is 2. The first kappa shape index (κ1) is 15.5. The Morgan fingerprint density at radius 1 is 1.24 bits per heavy atom. The van der Waals surface area contributed by atoms with Gasteiger partial charge in [-0.05, 0) is 24.5 Å². The third-order valence-electron chi connectivity index (χ3n) is 3.73.